The van der Waals surface area contributed by atoms with E-state index in [1.807, 2.05) is 116 Å². The lowest BCUT2D eigenvalue weighted by Gasteiger charge is -2.42. The first-order valence-corrected chi connectivity index (χ1v) is 15.6. The Hall–Kier alpha value is -5.18. The largest absolute Gasteiger partial charge is 0.466 e. The number of ether oxygens (including phenoxy) is 2. The highest BCUT2D eigenvalue weighted by Gasteiger charge is 2.55. The second kappa shape index (κ2) is 12.7. The van der Waals surface area contributed by atoms with Crippen LogP contribution >= 0.6 is 0 Å². The fourth-order valence-corrected chi connectivity index (χ4v) is 6.80. The van der Waals surface area contributed by atoms with Gasteiger partial charge in [-0.25, -0.2) is 4.68 Å². The number of hydrogen-bond donors (Lipinski definition) is 1. The van der Waals surface area contributed by atoms with Gasteiger partial charge < -0.3 is 19.7 Å². The predicted octanol–water partition coefficient (Wildman–Crippen LogP) is 5.89. The number of nitrogens with zero attached hydrogens (tertiary/aromatic N) is 3. The third-order valence-corrected chi connectivity index (χ3v) is 8.78. The van der Waals surface area contributed by atoms with Crippen molar-refractivity contribution in [2.75, 3.05) is 37.5 Å². The van der Waals surface area contributed by atoms with Crippen LogP contribution in [0.2, 0.25) is 0 Å². The highest BCUT2D eigenvalue weighted by Crippen LogP contribution is 2.55. The number of benzene rings is 3. The fourth-order valence-electron chi connectivity index (χ4n) is 6.80. The van der Waals surface area contributed by atoms with E-state index in [2.05, 4.69) is 5.32 Å². The third kappa shape index (κ3) is 5.25. The van der Waals surface area contributed by atoms with Crippen LogP contribution in [0.3, 0.4) is 0 Å². The highest BCUT2D eigenvalue weighted by molar-refractivity contribution is 6.19. The number of ketones is 1. The topological polar surface area (TPSA) is 103 Å². The van der Waals surface area contributed by atoms with Crippen molar-refractivity contribution in [1.29, 1.82) is 0 Å². The van der Waals surface area contributed by atoms with Gasteiger partial charge in [0.2, 0.25) is 0 Å². The smallest absolute Gasteiger partial charge is 0.317 e. The van der Waals surface area contributed by atoms with Crippen LogP contribution in [0.5, 0.6) is 0 Å². The van der Waals surface area contributed by atoms with Crippen molar-refractivity contribution in [2.24, 2.45) is 11.8 Å². The van der Waals surface area contributed by atoms with Gasteiger partial charge in [-0.05, 0) is 61.7 Å². The van der Waals surface area contributed by atoms with Gasteiger partial charge in [-0.1, -0.05) is 60.7 Å². The Kier molecular flexibility index (Phi) is 8.49. The molecule has 0 saturated carbocycles. The van der Waals surface area contributed by atoms with E-state index < -0.39 is 35.7 Å². The summed E-state index contributed by atoms with van der Waals surface area (Å²) in [6.45, 7) is 5.57. The minimum absolute atomic E-state index is 0.0981. The monoisotopic (exact) mass is 618 g/mol. The van der Waals surface area contributed by atoms with E-state index >= 15 is 0 Å². The zero-order valence-electron chi connectivity index (χ0n) is 26.7. The molecule has 3 aromatic carbocycles. The molecule has 0 unspecified atom stereocenters. The molecule has 1 aliphatic heterocycles. The quantitative estimate of drug-likeness (QED) is 0.193. The van der Waals surface area contributed by atoms with Gasteiger partial charge in [-0.15, -0.1) is 0 Å². The van der Waals surface area contributed by atoms with Crippen LogP contribution in [0, 0.1) is 18.8 Å². The molecule has 0 spiro atoms. The molecule has 0 saturated heterocycles. The van der Waals surface area contributed by atoms with E-state index in [4.69, 9.17) is 14.6 Å². The van der Waals surface area contributed by atoms with Crippen LogP contribution in [0.4, 0.5) is 11.5 Å². The molecule has 2 aliphatic rings. The molecule has 0 fully saturated rings. The lowest BCUT2D eigenvalue weighted by Crippen LogP contribution is -2.46. The molecular formula is C37H38N4O5. The molecule has 0 radical (unpaired) electrons. The average molecular weight is 619 g/mol. The zero-order valence-corrected chi connectivity index (χ0v) is 26.7. The SMILES string of the molecule is CCOC(=O)[C@@H]1C(=O)C2=C(c3c(C)nn(-c4ccccc4)c3N[C@@H]2c2ccc(N(C)C)cc2)[C@@H](C(=O)OCC)[C@@H]1c1ccccc1. The van der Waals surface area contributed by atoms with E-state index in [1.165, 1.54) is 0 Å². The number of rotatable bonds is 8. The van der Waals surface area contributed by atoms with Crippen LogP contribution in [-0.4, -0.2) is 54.8 Å². The van der Waals surface area contributed by atoms with Crippen molar-refractivity contribution in [3.63, 3.8) is 0 Å². The Labute approximate surface area is 268 Å². The number of aryl methyl sites for hydroxylation is 1. The summed E-state index contributed by atoms with van der Waals surface area (Å²) in [4.78, 5) is 45.0. The number of esters is 2. The molecule has 9 heteroatoms. The molecule has 46 heavy (non-hydrogen) atoms. The fraction of sp³-hybridized carbons (Fsp3) is 0.297. The maximum atomic E-state index is 15.0. The van der Waals surface area contributed by atoms with Crippen LogP contribution in [0.1, 0.15) is 48.2 Å². The van der Waals surface area contributed by atoms with Crippen LogP contribution in [0.15, 0.2) is 90.5 Å². The van der Waals surface area contributed by atoms with Gasteiger partial charge in [-0.3, -0.25) is 14.4 Å². The summed E-state index contributed by atoms with van der Waals surface area (Å²) in [6.07, 6.45) is 0. The summed E-state index contributed by atoms with van der Waals surface area (Å²) in [5.74, 6) is -3.98. The Morgan fingerprint density at radius 3 is 1.98 bits per heavy atom. The van der Waals surface area contributed by atoms with Gasteiger partial charge in [0, 0.05) is 36.8 Å². The zero-order chi connectivity index (χ0) is 32.5. The van der Waals surface area contributed by atoms with Crippen molar-refractivity contribution >= 4 is 34.8 Å². The highest BCUT2D eigenvalue weighted by atomic mass is 16.5. The second-order valence-corrected chi connectivity index (χ2v) is 11.7. The van der Waals surface area contributed by atoms with E-state index in [0.717, 1.165) is 16.9 Å². The number of hydrogen-bond acceptors (Lipinski definition) is 8. The molecule has 0 bridgehead atoms. The molecule has 6 rings (SSSR count). The summed E-state index contributed by atoms with van der Waals surface area (Å²) in [5.41, 5.74) is 5.49. The summed E-state index contributed by atoms with van der Waals surface area (Å²) in [7, 11) is 3.93. The van der Waals surface area contributed by atoms with Gasteiger partial charge in [-0.2, -0.15) is 5.10 Å². The number of carbonyl (C=O) groups excluding carboxylic acids is 3. The van der Waals surface area contributed by atoms with Gasteiger partial charge in [0.05, 0.1) is 36.6 Å². The van der Waals surface area contributed by atoms with Gasteiger partial charge >= 0.3 is 11.9 Å². The van der Waals surface area contributed by atoms with Gasteiger partial charge in [0.25, 0.3) is 0 Å². The number of anilines is 2. The number of carbonyl (C=O) groups is 3. The van der Waals surface area contributed by atoms with E-state index in [1.54, 1.807) is 13.8 Å². The third-order valence-electron chi connectivity index (χ3n) is 8.78. The molecule has 9 nitrogen and oxygen atoms in total. The first kappa shape index (κ1) is 30.8. The molecule has 2 heterocycles. The van der Waals surface area contributed by atoms with Gasteiger partial charge in [0.15, 0.2) is 5.78 Å². The Balaban J connectivity index is 1.69. The molecule has 1 aromatic heterocycles. The van der Waals surface area contributed by atoms with Crippen molar-refractivity contribution < 1.29 is 23.9 Å². The molecule has 1 aliphatic carbocycles. The van der Waals surface area contributed by atoms with E-state index in [0.29, 0.717) is 33.8 Å². The second-order valence-electron chi connectivity index (χ2n) is 11.7. The van der Waals surface area contributed by atoms with Crippen molar-refractivity contribution in [2.45, 2.75) is 32.7 Å². The predicted molar refractivity (Wildman–Crippen MR) is 177 cm³/mol. The first-order chi connectivity index (χ1) is 22.3. The van der Waals surface area contributed by atoms with Crippen molar-refractivity contribution in [1.82, 2.24) is 9.78 Å². The standard InChI is InChI=1S/C37H38N4O5/c1-6-45-36(43)30-28(23-14-10-8-11-15-23)32(37(44)46-7-2)34(42)31-29(30)27-22(3)39-41(26-16-12-9-13-17-26)35(27)38-33(31)24-18-20-25(21-19-24)40(4)5/h8-21,28,30,32-33,38H,6-7H2,1-5H3/t28-,30-,32-,33+/m0/s1. The molecule has 0 amide bonds. The van der Waals surface area contributed by atoms with Crippen molar-refractivity contribution in [3.8, 4) is 5.69 Å². The Morgan fingerprint density at radius 2 is 1.39 bits per heavy atom. The summed E-state index contributed by atoms with van der Waals surface area (Å²) in [6, 6.07) is 26.2. The number of Topliss-reactive ketones (excluding diaryl/α,β-unsaturated/α-hetero) is 1. The summed E-state index contributed by atoms with van der Waals surface area (Å²) >= 11 is 0. The maximum absolute atomic E-state index is 15.0. The Bertz CT molecular complexity index is 1790. The minimum atomic E-state index is -1.26. The average Bonchev–Trinajstić information content (AvgIpc) is 3.41. The number of fused-ring (bicyclic) bond motifs is 2. The first-order valence-electron chi connectivity index (χ1n) is 15.6. The molecule has 1 N–H and O–H groups in total. The van der Waals surface area contributed by atoms with E-state index in [-0.39, 0.29) is 19.0 Å². The summed E-state index contributed by atoms with van der Waals surface area (Å²) < 4.78 is 13.1. The van der Waals surface area contributed by atoms with Crippen molar-refractivity contribution in [3.05, 3.63) is 113 Å². The van der Waals surface area contributed by atoms with Gasteiger partial charge in [0.1, 0.15) is 11.7 Å². The van der Waals surface area contributed by atoms with E-state index in [9.17, 15) is 14.4 Å². The maximum Gasteiger partial charge on any atom is 0.317 e. The lowest BCUT2D eigenvalue weighted by molar-refractivity contribution is -0.154. The molecular weight excluding hydrogens is 580 g/mol. The Morgan fingerprint density at radius 1 is 0.804 bits per heavy atom. The summed E-state index contributed by atoms with van der Waals surface area (Å²) in [5, 5.41) is 8.54. The number of nitrogens with one attached hydrogen (secondary N) is 1. The van der Waals surface area contributed by atoms with Crippen LogP contribution in [0.25, 0.3) is 11.3 Å². The number of para-hydroxylation sites is 1. The lowest BCUT2D eigenvalue weighted by atomic mass is 9.61. The minimum Gasteiger partial charge on any atom is -0.466 e. The van der Waals surface area contributed by atoms with Crippen LogP contribution in [-0.2, 0) is 23.9 Å². The molecule has 4 atom stereocenters. The molecule has 236 valence electrons. The number of aromatic nitrogens is 2. The normalized spacial score (nSPS) is 20.3. The van der Waals surface area contributed by atoms with Crippen LogP contribution < -0.4 is 10.2 Å². The molecule has 4 aromatic rings.